The van der Waals surface area contributed by atoms with E-state index in [4.69, 9.17) is 37.0 Å². The zero-order valence-electron chi connectivity index (χ0n) is 65.2. The monoisotopic (exact) mass is 1500 g/mol. The highest BCUT2D eigenvalue weighted by Gasteiger charge is 2.30. The molecule has 0 spiro atoms. The van der Waals surface area contributed by atoms with Crippen molar-refractivity contribution in [2.75, 3.05) is 39.6 Å². The van der Waals surface area contributed by atoms with Gasteiger partial charge in [-0.2, -0.15) is 0 Å². The minimum absolute atomic E-state index is 0.00386. The molecule has 0 aromatic carbocycles. The van der Waals surface area contributed by atoms with Crippen molar-refractivity contribution in [2.45, 2.75) is 341 Å². The summed E-state index contributed by atoms with van der Waals surface area (Å²) in [4.78, 5) is 73.0. The molecule has 0 amide bonds. The molecular weight excluding hydrogens is 1350 g/mol. The molecule has 0 aliphatic carbocycles. The number of phosphoric acid groups is 2. The third kappa shape index (κ3) is 75.4. The molecule has 0 saturated heterocycles. The summed E-state index contributed by atoms with van der Waals surface area (Å²) in [6, 6.07) is 0. The van der Waals surface area contributed by atoms with Crippen molar-refractivity contribution in [2.24, 2.45) is 0 Å². The van der Waals surface area contributed by atoms with Crippen LogP contribution in [0.5, 0.6) is 0 Å². The van der Waals surface area contributed by atoms with Crippen LogP contribution in [0.15, 0.2) is 134 Å². The lowest BCUT2D eigenvalue weighted by atomic mass is 10.1. The van der Waals surface area contributed by atoms with Gasteiger partial charge >= 0.3 is 39.5 Å². The number of rotatable bonds is 75. The lowest BCUT2D eigenvalue weighted by molar-refractivity contribution is -0.161. The molecule has 0 radical (unpaired) electrons. The Bertz CT molecular complexity index is 2490. The topological polar surface area (TPSA) is 237 Å². The van der Waals surface area contributed by atoms with E-state index in [0.717, 1.165) is 128 Å². The van der Waals surface area contributed by atoms with E-state index >= 15 is 0 Å². The molecule has 3 N–H and O–H groups in total. The summed E-state index contributed by atoms with van der Waals surface area (Å²) < 4.78 is 68.5. The highest BCUT2D eigenvalue weighted by Crippen LogP contribution is 2.45. The van der Waals surface area contributed by atoms with Crippen LogP contribution in [-0.4, -0.2) is 96.7 Å². The van der Waals surface area contributed by atoms with Gasteiger partial charge in [0.1, 0.15) is 19.3 Å². The smallest absolute Gasteiger partial charge is 0.462 e. The van der Waals surface area contributed by atoms with E-state index in [1.807, 2.05) is 24.3 Å². The van der Waals surface area contributed by atoms with E-state index in [0.29, 0.717) is 38.5 Å². The largest absolute Gasteiger partial charge is 0.472 e. The van der Waals surface area contributed by atoms with Crippen LogP contribution in [0.2, 0.25) is 0 Å². The molecule has 0 bridgehead atoms. The molecule has 0 aromatic rings. The number of hydrogen-bond donors (Lipinski definition) is 3. The molecule has 0 aliphatic rings. The van der Waals surface area contributed by atoms with Crippen molar-refractivity contribution in [1.82, 2.24) is 0 Å². The van der Waals surface area contributed by atoms with Gasteiger partial charge in [0.2, 0.25) is 0 Å². The van der Waals surface area contributed by atoms with Crippen molar-refractivity contribution >= 4 is 39.5 Å². The zero-order valence-corrected chi connectivity index (χ0v) is 66.9. The maximum atomic E-state index is 13.1. The number of phosphoric ester groups is 2. The minimum atomic E-state index is -5.01. The summed E-state index contributed by atoms with van der Waals surface area (Å²) in [5.41, 5.74) is 0. The lowest BCUT2D eigenvalue weighted by Gasteiger charge is -2.21. The fourth-order valence-electron chi connectivity index (χ4n) is 10.4. The first kappa shape index (κ1) is 99.2. The van der Waals surface area contributed by atoms with Crippen LogP contribution in [0, 0.1) is 0 Å². The van der Waals surface area contributed by atoms with Gasteiger partial charge in [-0.05, 0) is 154 Å². The number of carbonyl (C=O) groups excluding carboxylic acids is 4. The van der Waals surface area contributed by atoms with Crippen LogP contribution in [0.3, 0.4) is 0 Å². The van der Waals surface area contributed by atoms with Crippen LogP contribution >= 0.6 is 15.6 Å². The Morgan fingerprint density at radius 3 is 0.865 bits per heavy atom. The van der Waals surface area contributed by atoms with Crippen LogP contribution in [0.1, 0.15) is 323 Å². The SMILES string of the molecule is CCCCC/C=C\C/C=C\C/C=C\C/C=C\CCCC(=O)OC[C@H](COP(=O)(O)OC[C@@H](O)COP(=O)(O)OC[C@@H](COC(=O)CCCCCCC/C=C\CCCCCCCC)OC(=O)CCCCCCC/C=C\C=C/CCCCCC)OC(=O)CCC/C=C\C/C=C\C/C=C\C/C=C\CCCCC. The summed E-state index contributed by atoms with van der Waals surface area (Å²) in [7, 11) is -10.0. The van der Waals surface area contributed by atoms with Crippen LogP contribution in [-0.2, 0) is 65.4 Å². The van der Waals surface area contributed by atoms with Gasteiger partial charge in [0.25, 0.3) is 0 Å². The van der Waals surface area contributed by atoms with Crippen molar-refractivity contribution in [1.29, 1.82) is 0 Å². The quantitative estimate of drug-likeness (QED) is 0.0128. The number of aliphatic hydroxyl groups is 1. The fraction of sp³-hybridized carbons (Fsp3) is 0.694. The standard InChI is InChI=1S/C85H144O17P2/c1-5-9-13-17-21-25-29-33-37-39-43-46-50-54-58-62-66-70-83(88)96-76-81(102-85(90)72-68-64-60-56-52-48-44-40-38-34-30-26-22-18-14-10-6-2)78-100-104(93,94)98-74-79(86)73-97-103(91,92)99-77-80(101-84(89)71-67-63-59-55-51-47-42-36-32-28-24-20-16-12-8-4)75-95-82(87)69-65-61-57-53-49-45-41-35-31-27-23-19-15-11-7-3/h21-22,25-26,28,32-38,41-44,46,48,54,56,58,60,79-81,86H,5-20,23-24,27,29-31,39-40,45,47,49-53,55,57,59,61-78H2,1-4H3,(H,91,92)(H,93,94)/b25-21-,26-22-,32-28-,37-33-,38-34-,41-35-,42-36-,46-43-,48-44-,58-54-,60-56-/t79-,80+,81+/m0/s1. The third-order valence-corrected chi connectivity index (χ3v) is 18.5. The first-order chi connectivity index (χ1) is 50.7. The Balaban J connectivity index is 5.49. The van der Waals surface area contributed by atoms with Crippen molar-refractivity contribution in [3.8, 4) is 0 Å². The second kappa shape index (κ2) is 76.4. The van der Waals surface area contributed by atoms with Gasteiger partial charge in [-0.1, -0.05) is 277 Å². The second-order valence-corrected chi connectivity index (χ2v) is 29.6. The van der Waals surface area contributed by atoms with Crippen molar-refractivity contribution in [3.05, 3.63) is 134 Å². The number of aliphatic hydroxyl groups excluding tert-OH is 1. The van der Waals surface area contributed by atoms with E-state index < -0.39 is 97.5 Å². The average Bonchev–Trinajstić information content (AvgIpc) is 0.926. The van der Waals surface area contributed by atoms with Gasteiger partial charge < -0.3 is 33.8 Å². The molecule has 0 saturated carbocycles. The number of esters is 4. The second-order valence-electron chi connectivity index (χ2n) is 26.7. The Hall–Kier alpha value is -4.80. The molecule has 17 nitrogen and oxygen atoms in total. The highest BCUT2D eigenvalue weighted by atomic mass is 31.2. The summed E-state index contributed by atoms with van der Waals surface area (Å²) in [6.07, 6.45) is 85.8. The van der Waals surface area contributed by atoms with E-state index in [9.17, 15) is 43.2 Å². The normalized spacial score (nSPS) is 14.6. The summed E-state index contributed by atoms with van der Waals surface area (Å²) in [6.45, 7) is 4.65. The molecule has 19 heteroatoms. The molecule has 0 rings (SSSR count). The van der Waals surface area contributed by atoms with Crippen molar-refractivity contribution < 1.29 is 80.2 Å². The Morgan fingerprint density at radius 2 is 0.510 bits per heavy atom. The van der Waals surface area contributed by atoms with E-state index in [2.05, 4.69) is 137 Å². The first-order valence-corrected chi connectivity index (χ1v) is 43.4. The number of ether oxygens (including phenoxy) is 4. The van der Waals surface area contributed by atoms with Gasteiger partial charge in [0, 0.05) is 25.7 Å². The molecule has 596 valence electrons. The molecule has 0 heterocycles. The molecule has 0 aromatic heterocycles. The van der Waals surface area contributed by atoms with E-state index in [1.165, 1.54) is 103 Å². The van der Waals surface area contributed by atoms with Crippen molar-refractivity contribution in [3.63, 3.8) is 0 Å². The number of hydrogen-bond acceptors (Lipinski definition) is 15. The predicted molar refractivity (Wildman–Crippen MR) is 427 cm³/mol. The molecule has 0 aliphatic heterocycles. The average molecular weight is 1500 g/mol. The zero-order chi connectivity index (χ0) is 76.0. The Kier molecular flexibility index (Phi) is 72.9. The molecular formula is C85H144O17P2. The number of allylic oxidation sites excluding steroid dienone is 22. The molecule has 0 fully saturated rings. The van der Waals surface area contributed by atoms with Gasteiger partial charge in [0.05, 0.1) is 26.4 Å². The molecule has 2 unspecified atom stereocenters. The third-order valence-electron chi connectivity index (χ3n) is 16.6. The molecule has 104 heavy (non-hydrogen) atoms. The van der Waals surface area contributed by atoms with Crippen LogP contribution in [0.25, 0.3) is 0 Å². The first-order valence-electron chi connectivity index (χ1n) is 40.4. The summed E-state index contributed by atoms with van der Waals surface area (Å²) in [5.74, 6) is -2.33. The van der Waals surface area contributed by atoms with Gasteiger partial charge in [-0.25, -0.2) is 9.13 Å². The number of carbonyl (C=O) groups is 4. The summed E-state index contributed by atoms with van der Waals surface area (Å²) >= 11 is 0. The van der Waals surface area contributed by atoms with E-state index in [-0.39, 0.29) is 25.7 Å². The minimum Gasteiger partial charge on any atom is -0.462 e. The predicted octanol–water partition coefficient (Wildman–Crippen LogP) is 23.7. The Labute approximate surface area is 631 Å². The molecule has 5 atom stereocenters. The fourth-order valence-corrected chi connectivity index (χ4v) is 11.9. The van der Waals surface area contributed by atoms with Gasteiger partial charge in [0.15, 0.2) is 12.2 Å². The van der Waals surface area contributed by atoms with Crippen LogP contribution < -0.4 is 0 Å². The maximum absolute atomic E-state index is 13.1. The van der Waals surface area contributed by atoms with Gasteiger partial charge in [-0.15, -0.1) is 0 Å². The van der Waals surface area contributed by atoms with E-state index in [1.54, 1.807) is 0 Å². The number of unbranched alkanes of at least 4 members (excludes halogenated alkanes) is 28. The summed E-state index contributed by atoms with van der Waals surface area (Å²) in [5, 5.41) is 10.6. The van der Waals surface area contributed by atoms with Gasteiger partial charge in [-0.3, -0.25) is 37.3 Å². The highest BCUT2D eigenvalue weighted by molar-refractivity contribution is 7.47. The lowest BCUT2D eigenvalue weighted by Crippen LogP contribution is -2.30. The maximum Gasteiger partial charge on any atom is 0.472 e. The Morgan fingerprint density at radius 1 is 0.279 bits per heavy atom. The van der Waals surface area contributed by atoms with Crippen LogP contribution in [0.4, 0.5) is 0 Å².